The van der Waals surface area contributed by atoms with Crippen molar-refractivity contribution in [1.82, 2.24) is 5.32 Å². The lowest BCUT2D eigenvalue weighted by Gasteiger charge is -2.41. The van der Waals surface area contributed by atoms with Gasteiger partial charge >= 0.3 is 6.09 Å². The van der Waals surface area contributed by atoms with Crippen LogP contribution in [0.25, 0.3) is 0 Å². The van der Waals surface area contributed by atoms with Crippen LogP contribution in [-0.4, -0.2) is 36.0 Å². The summed E-state index contributed by atoms with van der Waals surface area (Å²) in [5.41, 5.74) is 0.158. The molecule has 5 nitrogen and oxygen atoms in total. The second-order valence-corrected chi connectivity index (χ2v) is 18.0. The van der Waals surface area contributed by atoms with Crippen LogP contribution in [0.5, 0.6) is 0 Å². The average molecular weight is 468 g/mol. The van der Waals surface area contributed by atoms with E-state index in [0.29, 0.717) is 0 Å². The van der Waals surface area contributed by atoms with E-state index in [4.69, 9.17) is 9.16 Å². The third-order valence-electron chi connectivity index (χ3n) is 5.00. The molecule has 0 bridgehead atoms. The fraction of sp³-hybridized carbons (Fsp3) is 0.667. The molecular weight excluding hydrogens is 426 g/mol. The van der Waals surface area contributed by atoms with Gasteiger partial charge in [-0.1, -0.05) is 83.6 Å². The van der Waals surface area contributed by atoms with Crippen molar-refractivity contribution >= 4 is 31.3 Å². The monoisotopic (exact) mass is 467 g/mol. The number of thioether (sulfide) groups is 1. The molecular formula is C24H41NO4SSi. The Morgan fingerprint density at radius 2 is 1.45 bits per heavy atom. The Morgan fingerprint density at radius 1 is 0.935 bits per heavy atom. The van der Waals surface area contributed by atoms with Crippen molar-refractivity contribution in [2.45, 2.75) is 103 Å². The maximum Gasteiger partial charge on any atom is 0.408 e. The number of amides is 1. The van der Waals surface area contributed by atoms with Gasteiger partial charge in [0.25, 0.3) is 0 Å². The third kappa shape index (κ3) is 9.37. The number of carbonyl (C=O) groups excluding carboxylic acids is 2. The van der Waals surface area contributed by atoms with Gasteiger partial charge in [0, 0.05) is 4.75 Å². The lowest BCUT2D eigenvalue weighted by molar-refractivity contribution is -0.119. The molecule has 0 aliphatic rings. The van der Waals surface area contributed by atoms with Crippen LogP contribution in [0, 0.1) is 0 Å². The minimum atomic E-state index is -2.33. The zero-order chi connectivity index (χ0) is 24.3. The van der Waals surface area contributed by atoms with Crippen molar-refractivity contribution in [3.63, 3.8) is 0 Å². The highest BCUT2D eigenvalue weighted by molar-refractivity contribution is 8.14. The van der Waals surface area contributed by atoms with Crippen LogP contribution in [0.2, 0.25) is 18.1 Å². The van der Waals surface area contributed by atoms with Crippen molar-refractivity contribution in [3.8, 4) is 0 Å². The zero-order valence-electron chi connectivity index (χ0n) is 21.1. The molecule has 31 heavy (non-hydrogen) atoms. The molecule has 0 heterocycles. The molecule has 0 unspecified atom stereocenters. The molecule has 1 N–H and O–H groups in total. The summed E-state index contributed by atoms with van der Waals surface area (Å²) >= 11 is 1.25. The Bertz CT molecular complexity index is 746. The third-order valence-corrected chi connectivity index (χ3v) is 10.5. The van der Waals surface area contributed by atoms with Gasteiger partial charge < -0.3 is 14.5 Å². The summed E-state index contributed by atoms with van der Waals surface area (Å²) in [6.45, 7) is 22.1. The SMILES string of the molecule is CC(C)(C)OC(=O)N[C@@H](c1ccccc1)[C@@H](O[Si](C)(C)C(C)(C)C)C(=O)SC(C)(C)C. The second kappa shape index (κ2) is 10.1. The number of nitrogens with one attached hydrogen (secondary N) is 1. The van der Waals surface area contributed by atoms with Gasteiger partial charge in [-0.2, -0.15) is 0 Å². The molecule has 1 rings (SSSR count). The van der Waals surface area contributed by atoms with Gasteiger partial charge in [-0.15, -0.1) is 0 Å². The first-order valence-electron chi connectivity index (χ1n) is 10.8. The number of hydrogen-bond acceptors (Lipinski definition) is 5. The van der Waals surface area contributed by atoms with Crippen LogP contribution in [0.3, 0.4) is 0 Å². The largest absolute Gasteiger partial charge is 0.444 e. The van der Waals surface area contributed by atoms with Crippen LogP contribution in [0.15, 0.2) is 30.3 Å². The Kier molecular flexibility index (Phi) is 9.02. The first kappa shape index (κ1) is 27.7. The highest BCUT2D eigenvalue weighted by atomic mass is 32.2. The van der Waals surface area contributed by atoms with Gasteiger partial charge in [0.1, 0.15) is 11.7 Å². The molecule has 0 aliphatic carbocycles. The van der Waals surface area contributed by atoms with E-state index in [2.05, 4.69) is 39.2 Å². The van der Waals surface area contributed by atoms with Gasteiger partial charge in [-0.3, -0.25) is 4.79 Å². The molecule has 0 aliphatic heterocycles. The Hall–Kier alpha value is -1.31. The molecule has 0 saturated heterocycles. The first-order chi connectivity index (χ1) is 13.8. The molecule has 1 amide bonds. The standard InChI is InChI=1S/C24H41NO4SSi/c1-22(2,3)28-21(27)25-18(17-15-13-12-14-16-17)19(20(26)30-23(4,5)6)29-31(10,11)24(7,8)9/h12-16,18-19H,1-11H3,(H,25,27)/t18-,19+/m0/s1. The van der Waals surface area contributed by atoms with Gasteiger partial charge in [0.15, 0.2) is 8.32 Å². The molecule has 7 heteroatoms. The fourth-order valence-electron chi connectivity index (χ4n) is 2.53. The summed E-state index contributed by atoms with van der Waals surface area (Å²) in [6, 6.07) is 8.84. The molecule has 1 aromatic rings. The number of benzene rings is 1. The maximum atomic E-state index is 13.5. The topological polar surface area (TPSA) is 64.6 Å². The highest BCUT2D eigenvalue weighted by Crippen LogP contribution is 2.40. The van der Waals surface area contributed by atoms with Crippen LogP contribution >= 0.6 is 11.8 Å². The normalized spacial score (nSPS) is 15.2. The first-order valence-corrected chi connectivity index (χ1v) is 14.5. The van der Waals surface area contributed by atoms with Crippen LogP contribution < -0.4 is 5.32 Å². The number of rotatable bonds is 6. The number of carbonyl (C=O) groups is 2. The Labute approximate surface area is 194 Å². The van der Waals surface area contributed by atoms with Gasteiger partial charge in [0.2, 0.25) is 5.12 Å². The van der Waals surface area contributed by atoms with Crippen LogP contribution in [0.4, 0.5) is 4.79 Å². The minimum absolute atomic E-state index is 0.0922. The molecule has 0 radical (unpaired) electrons. The van der Waals surface area contributed by atoms with E-state index in [0.717, 1.165) is 5.56 Å². The lowest BCUT2D eigenvalue weighted by atomic mass is 10.0. The van der Waals surface area contributed by atoms with Crippen molar-refractivity contribution in [1.29, 1.82) is 0 Å². The summed E-state index contributed by atoms with van der Waals surface area (Å²) in [4.78, 5) is 26.2. The number of ether oxygens (including phenoxy) is 1. The highest BCUT2D eigenvalue weighted by Gasteiger charge is 2.44. The molecule has 0 fully saturated rings. The predicted octanol–water partition coefficient (Wildman–Crippen LogP) is 6.70. The van der Waals surface area contributed by atoms with Gasteiger partial charge in [-0.05, 0) is 44.5 Å². The molecule has 1 aromatic carbocycles. The van der Waals surface area contributed by atoms with E-state index in [1.54, 1.807) is 0 Å². The summed E-state index contributed by atoms with van der Waals surface area (Å²) in [6.07, 6.45) is -1.40. The zero-order valence-corrected chi connectivity index (χ0v) is 22.9. The number of alkyl carbamates (subject to hydrolysis) is 1. The molecule has 2 atom stereocenters. The smallest absolute Gasteiger partial charge is 0.408 e. The molecule has 0 aromatic heterocycles. The van der Waals surface area contributed by atoms with Crippen molar-refractivity contribution in [2.24, 2.45) is 0 Å². The summed E-state index contributed by atoms with van der Waals surface area (Å²) in [5, 5.41) is 2.75. The summed E-state index contributed by atoms with van der Waals surface area (Å²) in [5.74, 6) is 0. The molecule has 176 valence electrons. The predicted molar refractivity (Wildman–Crippen MR) is 133 cm³/mol. The lowest BCUT2D eigenvalue weighted by Crippen LogP contribution is -2.51. The van der Waals surface area contributed by atoms with Crippen molar-refractivity contribution in [2.75, 3.05) is 0 Å². The van der Waals surface area contributed by atoms with E-state index in [9.17, 15) is 9.59 Å². The van der Waals surface area contributed by atoms with Gasteiger partial charge in [-0.25, -0.2) is 4.79 Å². The van der Waals surface area contributed by atoms with E-state index < -0.39 is 32.2 Å². The van der Waals surface area contributed by atoms with E-state index in [-0.39, 0.29) is 14.9 Å². The van der Waals surface area contributed by atoms with Crippen molar-refractivity contribution in [3.05, 3.63) is 35.9 Å². The quantitative estimate of drug-likeness (QED) is 0.472. The summed E-state index contributed by atoms with van der Waals surface area (Å²) in [7, 11) is -2.33. The van der Waals surface area contributed by atoms with E-state index >= 15 is 0 Å². The number of hydrogen-bond donors (Lipinski definition) is 1. The summed E-state index contributed by atoms with van der Waals surface area (Å²) < 4.78 is 11.9. The molecule has 0 spiro atoms. The minimum Gasteiger partial charge on any atom is -0.444 e. The van der Waals surface area contributed by atoms with Crippen LogP contribution in [-0.2, 0) is 14.0 Å². The van der Waals surface area contributed by atoms with Crippen LogP contribution in [0.1, 0.15) is 73.9 Å². The van der Waals surface area contributed by atoms with Crippen molar-refractivity contribution < 1.29 is 18.8 Å². The fourth-order valence-corrected chi connectivity index (χ4v) is 4.76. The maximum absolute atomic E-state index is 13.5. The second-order valence-electron chi connectivity index (χ2n) is 11.4. The molecule has 0 saturated carbocycles. The average Bonchev–Trinajstić information content (AvgIpc) is 2.54. The van der Waals surface area contributed by atoms with Gasteiger partial charge in [0.05, 0.1) is 6.04 Å². The van der Waals surface area contributed by atoms with E-state index in [1.807, 2.05) is 71.9 Å². The Morgan fingerprint density at radius 3 is 1.87 bits per heavy atom. The van der Waals surface area contributed by atoms with E-state index in [1.165, 1.54) is 11.8 Å². The Balaban J connectivity index is 3.44.